The van der Waals surface area contributed by atoms with Crippen molar-refractivity contribution in [3.63, 3.8) is 0 Å². The first-order chi connectivity index (χ1) is 8.74. The minimum atomic E-state index is 0.415. The Morgan fingerprint density at radius 1 is 1.39 bits per heavy atom. The molecule has 1 fully saturated rings. The fourth-order valence-corrected chi connectivity index (χ4v) is 2.76. The van der Waals surface area contributed by atoms with Gasteiger partial charge in [-0.1, -0.05) is 18.9 Å². The first kappa shape index (κ1) is 12.9. The van der Waals surface area contributed by atoms with E-state index in [4.69, 9.17) is 5.73 Å². The van der Waals surface area contributed by atoms with E-state index >= 15 is 0 Å². The minimum absolute atomic E-state index is 0.415. The number of aryl methyl sites for hydroxylation is 1. The molecule has 0 amide bonds. The van der Waals surface area contributed by atoms with Crippen molar-refractivity contribution >= 4 is 5.69 Å². The van der Waals surface area contributed by atoms with Gasteiger partial charge in [-0.3, -0.25) is 0 Å². The van der Waals surface area contributed by atoms with Crippen LogP contribution in [0.3, 0.4) is 0 Å². The average molecular weight is 243 g/mol. The molecule has 0 saturated heterocycles. The zero-order valence-corrected chi connectivity index (χ0v) is 10.9. The van der Waals surface area contributed by atoms with Crippen molar-refractivity contribution < 1.29 is 0 Å². The first-order valence-corrected chi connectivity index (χ1v) is 6.72. The van der Waals surface area contributed by atoms with Crippen LogP contribution in [0.1, 0.15) is 36.8 Å². The Labute approximate surface area is 109 Å². The van der Waals surface area contributed by atoms with E-state index < -0.39 is 0 Å². The number of hydrogen-bond donors (Lipinski definition) is 2. The smallest absolute Gasteiger partial charge is 0.101 e. The van der Waals surface area contributed by atoms with Crippen molar-refractivity contribution in [3.8, 4) is 6.07 Å². The van der Waals surface area contributed by atoms with Crippen LogP contribution in [0.4, 0.5) is 5.69 Å². The van der Waals surface area contributed by atoms with Crippen LogP contribution in [-0.4, -0.2) is 12.6 Å². The van der Waals surface area contributed by atoms with Crippen LogP contribution in [0.15, 0.2) is 18.2 Å². The third-order valence-electron chi connectivity index (χ3n) is 3.85. The zero-order valence-electron chi connectivity index (χ0n) is 10.9. The Hall–Kier alpha value is -1.53. The third kappa shape index (κ3) is 2.83. The van der Waals surface area contributed by atoms with Crippen molar-refractivity contribution in [2.24, 2.45) is 11.7 Å². The normalized spacial score (nSPS) is 23.4. The lowest BCUT2D eigenvalue weighted by Crippen LogP contribution is -2.36. The van der Waals surface area contributed by atoms with E-state index in [9.17, 15) is 5.26 Å². The van der Waals surface area contributed by atoms with E-state index in [0.29, 0.717) is 12.0 Å². The van der Waals surface area contributed by atoms with E-state index in [1.807, 2.05) is 25.1 Å². The van der Waals surface area contributed by atoms with Crippen LogP contribution in [-0.2, 0) is 0 Å². The highest BCUT2D eigenvalue weighted by atomic mass is 14.9. The SMILES string of the molecule is Cc1ccc(NC2CCCCC2CN)c(C#N)c1. The number of nitriles is 1. The summed E-state index contributed by atoms with van der Waals surface area (Å²) in [6, 6.07) is 8.67. The van der Waals surface area contributed by atoms with Crippen LogP contribution in [0.5, 0.6) is 0 Å². The fourth-order valence-electron chi connectivity index (χ4n) is 2.76. The van der Waals surface area contributed by atoms with Crippen LogP contribution < -0.4 is 11.1 Å². The van der Waals surface area contributed by atoms with Crippen LogP contribution in [0.2, 0.25) is 0 Å². The van der Waals surface area contributed by atoms with E-state index in [-0.39, 0.29) is 0 Å². The largest absolute Gasteiger partial charge is 0.381 e. The molecule has 1 aromatic rings. The molecular formula is C15H21N3. The molecule has 0 spiro atoms. The predicted molar refractivity (Wildman–Crippen MR) is 74.3 cm³/mol. The van der Waals surface area contributed by atoms with Gasteiger partial charge < -0.3 is 11.1 Å². The van der Waals surface area contributed by atoms with Gasteiger partial charge in [-0.25, -0.2) is 0 Å². The molecule has 2 atom stereocenters. The van der Waals surface area contributed by atoms with Gasteiger partial charge in [0, 0.05) is 6.04 Å². The van der Waals surface area contributed by atoms with E-state index in [1.54, 1.807) is 0 Å². The summed E-state index contributed by atoms with van der Waals surface area (Å²) in [5.74, 6) is 0.534. The lowest BCUT2D eigenvalue weighted by atomic mass is 9.84. The molecule has 18 heavy (non-hydrogen) atoms. The van der Waals surface area contributed by atoms with Crippen LogP contribution in [0.25, 0.3) is 0 Å². The predicted octanol–water partition coefficient (Wildman–Crippen LogP) is 2.80. The molecule has 2 rings (SSSR count). The second-order valence-corrected chi connectivity index (χ2v) is 5.19. The van der Waals surface area contributed by atoms with Crippen molar-refractivity contribution in [2.75, 3.05) is 11.9 Å². The molecule has 2 unspecified atom stereocenters. The van der Waals surface area contributed by atoms with Gasteiger partial charge in [0.25, 0.3) is 0 Å². The van der Waals surface area contributed by atoms with E-state index in [2.05, 4.69) is 11.4 Å². The fraction of sp³-hybridized carbons (Fsp3) is 0.533. The molecule has 1 aliphatic rings. The summed E-state index contributed by atoms with van der Waals surface area (Å²) in [6.45, 7) is 2.74. The molecule has 1 aromatic carbocycles. The molecule has 0 bridgehead atoms. The molecular weight excluding hydrogens is 222 g/mol. The summed E-state index contributed by atoms with van der Waals surface area (Å²) in [6.07, 6.45) is 4.88. The Balaban J connectivity index is 2.15. The highest BCUT2D eigenvalue weighted by molar-refractivity contribution is 5.59. The number of nitrogens with zero attached hydrogens (tertiary/aromatic N) is 1. The maximum absolute atomic E-state index is 9.18. The maximum atomic E-state index is 9.18. The molecule has 3 nitrogen and oxygen atoms in total. The summed E-state index contributed by atoms with van der Waals surface area (Å²) < 4.78 is 0. The molecule has 3 heteroatoms. The lowest BCUT2D eigenvalue weighted by Gasteiger charge is -2.32. The lowest BCUT2D eigenvalue weighted by molar-refractivity contribution is 0.332. The van der Waals surface area contributed by atoms with Gasteiger partial charge in [-0.05, 0) is 49.9 Å². The highest BCUT2D eigenvalue weighted by Crippen LogP contribution is 2.28. The van der Waals surface area contributed by atoms with Gasteiger partial charge in [-0.15, -0.1) is 0 Å². The van der Waals surface area contributed by atoms with Gasteiger partial charge in [-0.2, -0.15) is 5.26 Å². The number of anilines is 1. The summed E-state index contributed by atoms with van der Waals surface area (Å²) >= 11 is 0. The Bertz CT molecular complexity index is 448. The number of benzene rings is 1. The minimum Gasteiger partial charge on any atom is -0.381 e. The summed E-state index contributed by atoms with van der Waals surface area (Å²) in [5.41, 5.74) is 8.64. The van der Waals surface area contributed by atoms with Crippen LogP contribution >= 0.6 is 0 Å². The Morgan fingerprint density at radius 3 is 2.89 bits per heavy atom. The summed E-state index contributed by atoms with van der Waals surface area (Å²) in [7, 11) is 0. The molecule has 1 aliphatic carbocycles. The van der Waals surface area contributed by atoms with E-state index in [1.165, 1.54) is 19.3 Å². The van der Waals surface area contributed by atoms with Gasteiger partial charge in [0.05, 0.1) is 11.3 Å². The van der Waals surface area contributed by atoms with Crippen molar-refractivity contribution in [3.05, 3.63) is 29.3 Å². The van der Waals surface area contributed by atoms with Gasteiger partial charge in [0.15, 0.2) is 0 Å². The molecule has 1 saturated carbocycles. The maximum Gasteiger partial charge on any atom is 0.101 e. The second kappa shape index (κ2) is 5.88. The monoisotopic (exact) mass is 243 g/mol. The molecule has 0 aromatic heterocycles. The van der Waals surface area contributed by atoms with Crippen LogP contribution in [0, 0.1) is 24.2 Å². The number of nitrogens with two attached hydrogens (primary N) is 1. The van der Waals surface area contributed by atoms with Crippen molar-refractivity contribution in [1.82, 2.24) is 0 Å². The highest BCUT2D eigenvalue weighted by Gasteiger charge is 2.24. The number of nitrogens with one attached hydrogen (secondary N) is 1. The second-order valence-electron chi connectivity index (χ2n) is 5.19. The summed E-state index contributed by atoms with van der Waals surface area (Å²) in [4.78, 5) is 0. The van der Waals surface area contributed by atoms with Crippen molar-refractivity contribution in [2.45, 2.75) is 38.6 Å². The number of hydrogen-bond acceptors (Lipinski definition) is 3. The molecule has 96 valence electrons. The molecule has 0 radical (unpaired) electrons. The topological polar surface area (TPSA) is 61.8 Å². The third-order valence-corrected chi connectivity index (χ3v) is 3.85. The number of rotatable bonds is 3. The van der Waals surface area contributed by atoms with E-state index in [0.717, 1.165) is 29.8 Å². The van der Waals surface area contributed by atoms with Gasteiger partial charge in [0.2, 0.25) is 0 Å². The average Bonchev–Trinajstić information content (AvgIpc) is 2.41. The summed E-state index contributed by atoms with van der Waals surface area (Å²) in [5, 5.41) is 12.7. The molecule has 3 N–H and O–H groups in total. The van der Waals surface area contributed by atoms with Gasteiger partial charge in [0.1, 0.15) is 6.07 Å². The molecule has 0 aliphatic heterocycles. The van der Waals surface area contributed by atoms with Gasteiger partial charge >= 0.3 is 0 Å². The first-order valence-electron chi connectivity index (χ1n) is 6.72. The quantitative estimate of drug-likeness (QED) is 0.858. The molecule has 0 heterocycles. The van der Waals surface area contributed by atoms with Crippen molar-refractivity contribution in [1.29, 1.82) is 5.26 Å². The zero-order chi connectivity index (χ0) is 13.0. The Morgan fingerprint density at radius 2 is 2.17 bits per heavy atom. The Kier molecular flexibility index (Phi) is 4.22. The standard InChI is InChI=1S/C15H21N3/c1-11-6-7-15(13(8-11)10-17)18-14-5-3-2-4-12(14)9-16/h6-8,12,14,18H,2-5,9,16H2,1H3.